The molecule has 7 heteroatoms. The predicted octanol–water partition coefficient (Wildman–Crippen LogP) is 2.42. The normalized spacial score (nSPS) is 15.6. The smallest absolute Gasteiger partial charge is 0.249 e. The Morgan fingerprint density at radius 2 is 1.97 bits per heavy atom. The molecule has 1 aromatic carbocycles. The number of rotatable bonds is 5. The van der Waals surface area contributed by atoms with Gasteiger partial charge in [0, 0.05) is 35.8 Å². The molecule has 150 valence electrons. The van der Waals surface area contributed by atoms with Crippen LogP contribution < -0.4 is 16.8 Å². The number of primary amides is 1. The molecule has 2 aromatic heterocycles. The van der Waals surface area contributed by atoms with E-state index in [4.69, 9.17) is 11.5 Å². The lowest BCUT2D eigenvalue weighted by Crippen LogP contribution is -2.29. The van der Waals surface area contributed by atoms with Gasteiger partial charge in [-0.15, -0.1) is 0 Å². The summed E-state index contributed by atoms with van der Waals surface area (Å²) in [7, 11) is 1.97. The van der Waals surface area contributed by atoms with Crippen LogP contribution in [0.5, 0.6) is 0 Å². The minimum atomic E-state index is -0.510. The Morgan fingerprint density at radius 1 is 1.21 bits per heavy atom. The number of anilines is 1. The summed E-state index contributed by atoms with van der Waals surface area (Å²) in [6, 6.07) is 11.7. The number of amides is 1. The highest BCUT2D eigenvalue weighted by molar-refractivity contribution is 6.24. The van der Waals surface area contributed by atoms with E-state index >= 15 is 0 Å². The van der Waals surface area contributed by atoms with Gasteiger partial charge in [-0.1, -0.05) is 18.2 Å². The SMILES string of the molecule is Cn1c(C=C(C(N)=O)c2ccccc2N)ccc1-c1cnn(C2CCNCC2)c1. The van der Waals surface area contributed by atoms with Gasteiger partial charge in [0.15, 0.2) is 0 Å². The molecule has 1 saturated heterocycles. The van der Waals surface area contributed by atoms with Gasteiger partial charge in [0.1, 0.15) is 0 Å². The highest BCUT2D eigenvalue weighted by atomic mass is 16.1. The molecule has 1 aliphatic heterocycles. The third-order valence-corrected chi connectivity index (χ3v) is 5.55. The number of carbonyl (C=O) groups is 1. The molecule has 0 atom stereocenters. The number of nitrogen functional groups attached to an aromatic ring is 1. The molecule has 3 heterocycles. The predicted molar refractivity (Wildman–Crippen MR) is 116 cm³/mol. The molecule has 0 aliphatic carbocycles. The quantitative estimate of drug-likeness (QED) is 0.460. The monoisotopic (exact) mass is 390 g/mol. The Morgan fingerprint density at radius 3 is 2.69 bits per heavy atom. The number of benzene rings is 1. The van der Waals surface area contributed by atoms with Crippen molar-refractivity contribution in [2.75, 3.05) is 18.8 Å². The fourth-order valence-corrected chi connectivity index (χ4v) is 3.87. The second-order valence-electron chi connectivity index (χ2n) is 7.40. The summed E-state index contributed by atoms with van der Waals surface area (Å²) in [5.41, 5.74) is 16.2. The molecule has 1 amide bonds. The number of nitrogens with zero attached hydrogens (tertiary/aromatic N) is 3. The minimum absolute atomic E-state index is 0.390. The first-order valence-electron chi connectivity index (χ1n) is 9.82. The van der Waals surface area contributed by atoms with E-state index in [1.54, 1.807) is 18.2 Å². The lowest BCUT2D eigenvalue weighted by atomic mass is 10.0. The highest BCUT2D eigenvalue weighted by Gasteiger charge is 2.18. The first-order chi connectivity index (χ1) is 14.0. The second-order valence-corrected chi connectivity index (χ2v) is 7.40. The van der Waals surface area contributed by atoms with Crippen LogP contribution in [0.15, 0.2) is 48.8 Å². The minimum Gasteiger partial charge on any atom is -0.398 e. The van der Waals surface area contributed by atoms with E-state index in [2.05, 4.69) is 21.3 Å². The third-order valence-electron chi connectivity index (χ3n) is 5.55. The Balaban J connectivity index is 1.66. The fraction of sp³-hybridized carbons (Fsp3) is 0.273. The van der Waals surface area contributed by atoms with E-state index < -0.39 is 5.91 Å². The van der Waals surface area contributed by atoms with Crippen molar-refractivity contribution in [3.8, 4) is 11.3 Å². The zero-order valence-corrected chi connectivity index (χ0v) is 16.5. The van der Waals surface area contributed by atoms with Crippen LogP contribution in [0.3, 0.4) is 0 Å². The molecule has 0 saturated carbocycles. The Labute approximate surface area is 170 Å². The fourth-order valence-electron chi connectivity index (χ4n) is 3.87. The lowest BCUT2D eigenvalue weighted by Gasteiger charge is -2.22. The number of nitrogens with two attached hydrogens (primary N) is 2. The maximum absolute atomic E-state index is 12.1. The lowest BCUT2D eigenvalue weighted by molar-refractivity contribution is -0.112. The number of aromatic nitrogens is 3. The van der Waals surface area contributed by atoms with Crippen molar-refractivity contribution in [3.05, 3.63) is 60.0 Å². The van der Waals surface area contributed by atoms with Crippen LogP contribution in [0.1, 0.15) is 30.1 Å². The van der Waals surface area contributed by atoms with Crippen molar-refractivity contribution in [2.24, 2.45) is 12.8 Å². The van der Waals surface area contributed by atoms with Crippen molar-refractivity contribution in [1.29, 1.82) is 0 Å². The van der Waals surface area contributed by atoms with E-state index in [1.807, 2.05) is 42.1 Å². The molecular weight excluding hydrogens is 364 g/mol. The van der Waals surface area contributed by atoms with Gasteiger partial charge < -0.3 is 21.4 Å². The summed E-state index contributed by atoms with van der Waals surface area (Å²) in [4.78, 5) is 12.1. The number of hydrogen-bond donors (Lipinski definition) is 3. The van der Waals surface area contributed by atoms with Gasteiger partial charge in [-0.3, -0.25) is 9.48 Å². The number of carbonyl (C=O) groups excluding carboxylic acids is 1. The summed E-state index contributed by atoms with van der Waals surface area (Å²) < 4.78 is 4.10. The van der Waals surface area contributed by atoms with Crippen LogP contribution in [-0.4, -0.2) is 33.3 Å². The second kappa shape index (κ2) is 7.97. The van der Waals surface area contributed by atoms with E-state index in [9.17, 15) is 4.79 Å². The third kappa shape index (κ3) is 3.82. The van der Waals surface area contributed by atoms with E-state index in [-0.39, 0.29) is 0 Å². The Hall–Kier alpha value is -3.32. The van der Waals surface area contributed by atoms with Gasteiger partial charge in [-0.25, -0.2) is 0 Å². The van der Waals surface area contributed by atoms with Crippen LogP contribution >= 0.6 is 0 Å². The van der Waals surface area contributed by atoms with Crippen molar-refractivity contribution in [1.82, 2.24) is 19.7 Å². The van der Waals surface area contributed by atoms with Gasteiger partial charge in [0.25, 0.3) is 0 Å². The molecule has 0 radical (unpaired) electrons. The van der Waals surface area contributed by atoms with Gasteiger partial charge in [0.05, 0.1) is 23.5 Å². The molecule has 1 aliphatic rings. The van der Waals surface area contributed by atoms with Gasteiger partial charge >= 0.3 is 0 Å². The summed E-state index contributed by atoms with van der Waals surface area (Å²) in [5.74, 6) is -0.510. The van der Waals surface area contributed by atoms with E-state index in [0.29, 0.717) is 22.9 Å². The van der Waals surface area contributed by atoms with Crippen molar-refractivity contribution >= 4 is 23.2 Å². The van der Waals surface area contributed by atoms with Crippen molar-refractivity contribution < 1.29 is 4.79 Å². The summed E-state index contributed by atoms with van der Waals surface area (Å²) in [5, 5.41) is 7.97. The van der Waals surface area contributed by atoms with Crippen LogP contribution in [0, 0.1) is 0 Å². The first-order valence-corrected chi connectivity index (χ1v) is 9.82. The van der Waals surface area contributed by atoms with Crippen LogP contribution in [0.2, 0.25) is 0 Å². The standard InChI is InChI=1S/C22H26N6O/c1-27-17(12-19(22(24)29)18-4-2-3-5-20(18)23)6-7-21(27)15-13-26-28(14-15)16-8-10-25-11-9-16/h2-7,12-14,16,25H,8-11,23H2,1H3,(H2,24,29). The zero-order valence-electron chi connectivity index (χ0n) is 16.5. The summed E-state index contributed by atoms with van der Waals surface area (Å²) in [6.45, 7) is 2.05. The number of para-hydroxylation sites is 1. The number of nitrogens with one attached hydrogen (secondary N) is 1. The van der Waals surface area contributed by atoms with Gasteiger partial charge in [-0.2, -0.15) is 5.10 Å². The molecule has 1 fully saturated rings. The van der Waals surface area contributed by atoms with Crippen molar-refractivity contribution in [3.63, 3.8) is 0 Å². The summed E-state index contributed by atoms with van der Waals surface area (Å²) >= 11 is 0. The van der Waals surface area contributed by atoms with Crippen LogP contribution in [-0.2, 0) is 11.8 Å². The molecule has 3 aromatic rings. The molecular formula is C22H26N6O. The molecule has 29 heavy (non-hydrogen) atoms. The first kappa shape index (κ1) is 19.0. The molecule has 0 bridgehead atoms. The molecule has 0 unspecified atom stereocenters. The molecule has 5 N–H and O–H groups in total. The summed E-state index contributed by atoms with van der Waals surface area (Å²) in [6.07, 6.45) is 7.96. The highest BCUT2D eigenvalue weighted by Crippen LogP contribution is 2.28. The van der Waals surface area contributed by atoms with Gasteiger partial charge in [0.2, 0.25) is 5.91 Å². The molecule has 0 spiro atoms. The van der Waals surface area contributed by atoms with E-state index in [1.165, 1.54) is 0 Å². The maximum Gasteiger partial charge on any atom is 0.249 e. The Bertz CT molecular complexity index is 1050. The van der Waals surface area contributed by atoms with Gasteiger partial charge in [-0.05, 0) is 50.2 Å². The van der Waals surface area contributed by atoms with E-state index in [0.717, 1.165) is 42.9 Å². The molecule has 4 rings (SSSR count). The zero-order chi connectivity index (χ0) is 20.4. The average molecular weight is 390 g/mol. The van der Waals surface area contributed by atoms with Crippen molar-refractivity contribution in [2.45, 2.75) is 18.9 Å². The largest absolute Gasteiger partial charge is 0.398 e. The molecule has 7 nitrogen and oxygen atoms in total. The average Bonchev–Trinajstić information content (AvgIpc) is 3.34. The Kier molecular flexibility index (Phi) is 5.22. The van der Waals surface area contributed by atoms with Crippen LogP contribution in [0.4, 0.5) is 5.69 Å². The number of piperidine rings is 1. The topological polar surface area (TPSA) is 104 Å². The van der Waals surface area contributed by atoms with Crippen LogP contribution in [0.25, 0.3) is 22.9 Å². The number of hydrogen-bond acceptors (Lipinski definition) is 4. The maximum atomic E-state index is 12.1.